The van der Waals surface area contributed by atoms with Gasteiger partial charge in [0.15, 0.2) is 0 Å². The van der Waals surface area contributed by atoms with Crippen molar-refractivity contribution in [1.29, 1.82) is 0 Å². The van der Waals surface area contributed by atoms with Gasteiger partial charge in [-0.05, 0) is 42.8 Å². The molecule has 0 unspecified atom stereocenters. The van der Waals surface area contributed by atoms with Crippen LogP contribution in [0, 0.1) is 6.92 Å². The average molecular weight is 353 g/mol. The summed E-state index contributed by atoms with van der Waals surface area (Å²) in [4.78, 5) is 31.6. The highest BCUT2D eigenvalue weighted by Crippen LogP contribution is 2.33. The maximum Gasteiger partial charge on any atom is 0.266 e. The Labute approximate surface area is 155 Å². The SMILES string of the molecule is Cc1ccc(-c2cn3ccccc3n2)cc1N1C(=O)c2ccccc2C1=O. The van der Waals surface area contributed by atoms with Crippen LogP contribution in [0.15, 0.2) is 73.1 Å². The number of carbonyl (C=O) groups is 2. The smallest absolute Gasteiger partial charge is 0.266 e. The van der Waals surface area contributed by atoms with E-state index in [0.717, 1.165) is 22.5 Å². The second-order valence-corrected chi connectivity index (χ2v) is 6.58. The number of imidazole rings is 1. The first kappa shape index (κ1) is 15.5. The van der Waals surface area contributed by atoms with Crippen molar-refractivity contribution in [2.75, 3.05) is 4.90 Å². The van der Waals surface area contributed by atoms with E-state index in [2.05, 4.69) is 4.98 Å². The molecule has 0 aliphatic carbocycles. The summed E-state index contributed by atoms with van der Waals surface area (Å²) in [5.74, 6) is -0.572. The van der Waals surface area contributed by atoms with Gasteiger partial charge in [0.2, 0.25) is 0 Å². The van der Waals surface area contributed by atoms with Gasteiger partial charge in [-0.2, -0.15) is 0 Å². The fraction of sp³-hybridized carbons (Fsp3) is 0.0455. The van der Waals surface area contributed by atoms with Crippen LogP contribution >= 0.6 is 0 Å². The van der Waals surface area contributed by atoms with Crippen LogP contribution in [0.2, 0.25) is 0 Å². The number of hydrogen-bond donors (Lipinski definition) is 0. The van der Waals surface area contributed by atoms with E-state index < -0.39 is 0 Å². The number of carbonyl (C=O) groups excluding carboxylic acids is 2. The van der Waals surface area contributed by atoms with Gasteiger partial charge in [-0.3, -0.25) is 9.59 Å². The molecule has 0 N–H and O–H groups in total. The third-order valence-electron chi connectivity index (χ3n) is 4.90. The molecule has 0 saturated carbocycles. The zero-order valence-electron chi connectivity index (χ0n) is 14.6. The minimum atomic E-state index is -0.286. The highest BCUT2D eigenvalue weighted by molar-refractivity contribution is 6.34. The molecule has 3 heterocycles. The summed E-state index contributed by atoms with van der Waals surface area (Å²) in [5.41, 5.74) is 4.83. The van der Waals surface area contributed by atoms with Gasteiger partial charge in [-0.1, -0.05) is 30.3 Å². The molecule has 2 aromatic carbocycles. The fourth-order valence-corrected chi connectivity index (χ4v) is 3.49. The van der Waals surface area contributed by atoms with Crippen molar-refractivity contribution in [3.63, 3.8) is 0 Å². The molecule has 0 spiro atoms. The fourth-order valence-electron chi connectivity index (χ4n) is 3.49. The number of nitrogens with zero attached hydrogens (tertiary/aromatic N) is 3. The number of imide groups is 1. The lowest BCUT2D eigenvalue weighted by atomic mass is 10.1. The van der Waals surface area contributed by atoms with E-state index in [1.165, 1.54) is 4.90 Å². The van der Waals surface area contributed by atoms with Gasteiger partial charge < -0.3 is 4.40 Å². The number of benzene rings is 2. The predicted octanol–water partition coefficient (Wildman–Crippen LogP) is 4.11. The Balaban J connectivity index is 1.63. The lowest BCUT2D eigenvalue weighted by Gasteiger charge is -2.17. The van der Waals surface area contributed by atoms with Crippen LogP contribution < -0.4 is 4.90 Å². The number of aryl methyl sites for hydroxylation is 1. The first-order valence-corrected chi connectivity index (χ1v) is 8.66. The summed E-state index contributed by atoms with van der Waals surface area (Å²) in [6.45, 7) is 1.90. The summed E-state index contributed by atoms with van der Waals surface area (Å²) in [6, 6.07) is 18.5. The maximum absolute atomic E-state index is 12.8. The number of anilines is 1. The molecule has 5 heteroatoms. The third-order valence-corrected chi connectivity index (χ3v) is 4.90. The van der Waals surface area contributed by atoms with Crippen LogP contribution in [-0.4, -0.2) is 21.2 Å². The number of hydrogen-bond acceptors (Lipinski definition) is 3. The van der Waals surface area contributed by atoms with Crippen molar-refractivity contribution < 1.29 is 9.59 Å². The Bertz CT molecular complexity index is 1170. The van der Waals surface area contributed by atoms with Gasteiger partial charge in [0.05, 0.1) is 22.5 Å². The van der Waals surface area contributed by atoms with Crippen LogP contribution in [-0.2, 0) is 0 Å². The number of rotatable bonds is 2. The number of pyridine rings is 1. The van der Waals surface area contributed by atoms with Crippen molar-refractivity contribution in [1.82, 2.24) is 9.38 Å². The molecule has 1 aliphatic heterocycles. The molecular formula is C22H15N3O2. The second-order valence-electron chi connectivity index (χ2n) is 6.58. The van der Waals surface area contributed by atoms with Crippen LogP contribution in [0.4, 0.5) is 5.69 Å². The molecule has 1 aliphatic rings. The highest BCUT2D eigenvalue weighted by atomic mass is 16.2. The number of amides is 2. The summed E-state index contributed by atoms with van der Waals surface area (Å²) < 4.78 is 1.94. The van der Waals surface area contributed by atoms with Crippen molar-refractivity contribution >= 4 is 23.1 Å². The minimum absolute atomic E-state index is 0.286. The molecule has 5 rings (SSSR count). The van der Waals surface area contributed by atoms with E-state index >= 15 is 0 Å². The summed E-state index contributed by atoms with van der Waals surface area (Å²) in [7, 11) is 0. The largest absolute Gasteiger partial charge is 0.306 e. The first-order chi connectivity index (χ1) is 13.1. The molecule has 0 radical (unpaired) electrons. The van der Waals surface area contributed by atoms with E-state index in [9.17, 15) is 9.59 Å². The van der Waals surface area contributed by atoms with Crippen LogP contribution in [0.3, 0.4) is 0 Å². The molecule has 4 aromatic rings. The summed E-state index contributed by atoms with van der Waals surface area (Å²) >= 11 is 0. The molecule has 0 bridgehead atoms. The number of fused-ring (bicyclic) bond motifs is 2. The molecule has 27 heavy (non-hydrogen) atoms. The molecule has 2 amide bonds. The molecule has 5 nitrogen and oxygen atoms in total. The summed E-state index contributed by atoms with van der Waals surface area (Å²) in [6.07, 6.45) is 3.87. The van der Waals surface area contributed by atoms with Gasteiger partial charge >= 0.3 is 0 Å². The average Bonchev–Trinajstić information content (AvgIpc) is 3.23. The van der Waals surface area contributed by atoms with E-state index in [4.69, 9.17) is 0 Å². The van der Waals surface area contributed by atoms with Crippen molar-refractivity contribution in [2.45, 2.75) is 6.92 Å². The van der Waals surface area contributed by atoms with Gasteiger partial charge in [0.25, 0.3) is 11.8 Å². The van der Waals surface area contributed by atoms with E-state index in [-0.39, 0.29) is 11.8 Å². The quantitative estimate of drug-likeness (QED) is 0.510. The number of aromatic nitrogens is 2. The Morgan fingerprint density at radius 1 is 0.852 bits per heavy atom. The Morgan fingerprint density at radius 3 is 2.26 bits per heavy atom. The Hall–Kier alpha value is -3.73. The monoisotopic (exact) mass is 353 g/mol. The predicted molar refractivity (Wildman–Crippen MR) is 103 cm³/mol. The molecule has 0 atom stereocenters. The highest BCUT2D eigenvalue weighted by Gasteiger charge is 2.37. The zero-order valence-corrected chi connectivity index (χ0v) is 14.6. The minimum Gasteiger partial charge on any atom is -0.306 e. The molecule has 2 aromatic heterocycles. The van der Waals surface area contributed by atoms with Gasteiger partial charge in [0, 0.05) is 18.0 Å². The van der Waals surface area contributed by atoms with Crippen molar-refractivity contribution in [2.24, 2.45) is 0 Å². The van der Waals surface area contributed by atoms with Crippen LogP contribution in [0.1, 0.15) is 26.3 Å². The molecular weight excluding hydrogens is 338 g/mol. The zero-order chi connectivity index (χ0) is 18.5. The normalized spacial score (nSPS) is 13.4. The lowest BCUT2D eigenvalue weighted by molar-refractivity contribution is 0.0926. The standard InChI is InChI=1S/C22H15N3O2/c1-14-9-10-15(18-13-24-11-5-4-8-20(24)23-18)12-19(14)25-21(26)16-6-2-3-7-17(16)22(25)27/h2-13H,1H3. The molecule has 0 fully saturated rings. The van der Waals surface area contributed by atoms with E-state index in [1.807, 2.05) is 60.1 Å². The van der Waals surface area contributed by atoms with Gasteiger partial charge in [-0.15, -0.1) is 0 Å². The summed E-state index contributed by atoms with van der Waals surface area (Å²) in [5, 5.41) is 0. The van der Waals surface area contributed by atoms with E-state index in [0.29, 0.717) is 16.8 Å². The van der Waals surface area contributed by atoms with Gasteiger partial charge in [0.1, 0.15) is 5.65 Å². The van der Waals surface area contributed by atoms with E-state index in [1.54, 1.807) is 24.3 Å². The van der Waals surface area contributed by atoms with Crippen molar-refractivity contribution in [3.8, 4) is 11.3 Å². The van der Waals surface area contributed by atoms with Crippen LogP contribution in [0.5, 0.6) is 0 Å². The topological polar surface area (TPSA) is 54.7 Å². The first-order valence-electron chi connectivity index (χ1n) is 8.66. The third kappa shape index (κ3) is 2.29. The Kier molecular flexibility index (Phi) is 3.24. The Morgan fingerprint density at radius 2 is 1.56 bits per heavy atom. The maximum atomic E-state index is 12.8. The second kappa shape index (κ2) is 5.64. The van der Waals surface area contributed by atoms with Gasteiger partial charge in [-0.25, -0.2) is 9.88 Å². The molecule has 130 valence electrons. The molecule has 0 saturated heterocycles. The van der Waals surface area contributed by atoms with Crippen molar-refractivity contribution in [3.05, 3.63) is 89.7 Å². The lowest BCUT2D eigenvalue weighted by Crippen LogP contribution is -2.30. The van der Waals surface area contributed by atoms with Crippen LogP contribution in [0.25, 0.3) is 16.9 Å².